The highest BCUT2D eigenvalue weighted by Crippen LogP contribution is 2.30. The normalized spacial score (nSPS) is 11.2. The zero-order chi connectivity index (χ0) is 20.4. The number of benzene rings is 2. The Labute approximate surface area is 172 Å². The Morgan fingerprint density at radius 3 is 2.86 bits per heavy atom. The molecule has 0 aliphatic heterocycles. The van der Waals surface area contributed by atoms with Gasteiger partial charge in [-0.05, 0) is 18.2 Å². The summed E-state index contributed by atoms with van der Waals surface area (Å²) in [6.07, 6.45) is 3.07. The number of nitro benzene ring substituents is 1. The molecule has 144 valence electrons. The highest BCUT2D eigenvalue weighted by atomic mass is 35.5. The molecule has 0 spiro atoms. The van der Waals surface area contributed by atoms with Gasteiger partial charge in [-0.2, -0.15) is 5.10 Å². The summed E-state index contributed by atoms with van der Waals surface area (Å²) in [5.41, 5.74) is 3.43. The van der Waals surface area contributed by atoms with Crippen LogP contribution >= 0.6 is 22.9 Å². The van der Waals surface area contributed by atoms with Crippen LogP contribution in [0.5, 0.6) is 0 Å². The van der Waals surface area contributed by atoms with Crippen molar-refractivity contribution >= 4 is 50.9 Å². The first-order valence-electron chi connectivity index (χ1n) is 8.23. The Balaban J connectivity index is 1.61. The van der Waals surface area contributed by atoms with E-state index < -0.39 is 10.5 Å². The van der Waals surface area contributed by atoms with Crippen molar-refractivity contribution in [3.8, 4) is 10.4 Å². The molecule has 2 heterocycles. The van der Waals surface area contributed by atoms with Gasteiger partial charge in [0.15, 0.2) is 0 Å². The lowest BCUT2D eigenvalue weighted by molar-refractivity contribution is -0.384. The molecule has 8 nitrogen and oxygen atoms in total. The van der Waals surface area contributed by atoms with E-state index in [-0.39, 0.29) is 16.8 Å². The van der Waals surface area contributed by atoms with E-state index in [1.807, 2.05) is 18.2 Å². The van der Waals surface area contributed by atoms with Gasteiger partial charge in [-0.3, -0.25) is 15.5 Å². The van der Waals surface area contributed by atoms with Gasteiger partial charge in [-0.15, -0.1) is 0 Å². The molecule has 0 aliphatic rings. The highest BCUT2D eigenvalue weighted by Gasteiger charge is 2.14. The summed E-state index contributed by atoms with van der Waals surface area (Å²) in [6.45, 7) is 0. The highest BCUT2D eigenvalue weighted by molar-refractivity contribution is 7.18. The number of nitrogens with zero attached hydrogens (tertiary/aromatic N) is 3. The lowest BCUT2D eigenvalue weighted by Gasteiger charge is -2.00. The summed E-state index contributed by atoms with van der Waals surface area (Å²) in [5.74, 6) is 0. The first kappa shape index (κ1) is 18.8. The molecular formula is C19H11ClN4O4S. The van der Waals surface area contributed by atoms with Gasteiger partial charge in [0.25, 0.3) is 5.69 Å². The van der Waals surface area contributed by atoms with Crippen molar-refractivity contribution in [2.24, 2.45) is 5.10 Å². The maximum atomic E-state index is 12.3. The van der Waals surface area contributed by atoms with Crippen molar-refractivity contribution < 1.29 is 9.34 Å². The van der Waals surface area contributed by atoms with Crippen molar-refractivity contribution in [1.82, 2.24) is 4.98 Å². The molecule has 0 fully saturated rings. The third kappa shape index (κ3) is 4.00. The summed E-state index contributed by atoms with van der Waals surface area (Å²) < 4.78 is 5.28. The van der Waals surface area contributed by atoms with E-state index in [4.69, 9.17) is 16.0 Å². The number of fused-ring (bicyclic) bond motifs is 1. The lowest BCUT2D eigenvalue weighted by Crippen LogP contribution is -2.01. The van der Waals surface area contributed by atoms with Crippen LogP contribution in [0.2, 0.25) is 5.02 Å². The van der Waals surface area contributed by atoms with Gasteiger partial charge in [0.2, 0.25) is 5.13 Å². The van der Waals surface area contributed by atoms with Gasteiger partial charge >= 0.3 is 5.63 Å². The second-order valence-corrected chi connectivity index (χ2v) is 7.29. The molecule has 2 aromatic carbocycles. The molecule has 29 heavy (non-hydrogen) atoms. The zero-order valence-corrected chi connectivity index (χ0v) is 16.1. The fraction of sp³-hybridized carbons (Fsp3) is 0. The average molecular weight is 427 g/mol. The number of hydrogen-bond donors (Lipinski definition) is 1. The fourth-order valence-electron chi connectivity index (χ4n) is 2.58. The number of hydrogen-bond acceptors (Lipinski definition) is 8. The summed E-state index contributed by atoms with van der Waals surface area (Å²) in [5, 5.41) is 16.5. The number of anilines is 1. The van der Waals surface area contributed by atoms with Gasteiger partial charge < -0.3 is 4.42 Å². The first-order chi connectivity index (χ1) is 14.0. The van der Waals surface area contributed by atoms with Crippen LogP contribution < -0.4 is 11.1 Å². The standard InChI is InChI=1S/C19H11ClN4O4S/c20-15-4-2-1-3-11(15)9-22-23-19-21-10-17(29-19)14-8-12-7-13(24(26)27)5-6-16(12)28-18(14)25/h1-10H,(H,21,23)/b22-9+. The molecule has 0 saturated carbocycles. The minimum atomic E-state index is -0.555. The van der Waals surface area contributed by atoms with Gasteiger partial charge in [0, 0.05) is 34.3 Å². The number of aromatic nitrogens is 1. The Hall–Kier alpha value is -3.56. The van der Waals surface area contributed by atoms with Crippen molar-refractivity contribution in [3.05, 3.63) is 85.8 Å². The summed E-state index contributed by atoms with van der Waals surface area (Å²) in [7, 11) is 0. The van der Waals surface area contributed by atoms with Gasteiger partial charge in [0.05, 0.1) is 21.6 Å². The number of thiazole rings is 1. The molecule has 4 rings (SSSR count). The van der Waals surface area contributed by atoms with Crippen LogP contribution in [0, 0.1) is 10.1 Å². The van der Waals surface area contributed by atoms with Crippen LogP contribution in [0.25, 0.3) is 21.4 Å². The van der Waals surface area contributed by atoms with E-state index in [9.17, 15) is 14.9 Å². The molecule has 1 N–H and O–H groups in total. The summed E-state index contributed by atoms with van der Waals surface area (Å²) >= 11 is 7.26. The van der Waals surface area contributed by atoms with Crippen molar-refractivity contribution in [2.45, 2.75) is 0 Å². The number of non-ortho nitro benzene ring substituents is 1. The van der Waals surface area contributed by atoms with E-state index in [1.165, 1.54) is 35.7 Å². The Morgan fingerprint density at radius 1 is 1.24 bits per heavy atom. The predicted octanol–water partition coefficient (Wildman–Crippen LogP) is 4.92. The van der Waals surface area contributed by atoms with E-state index >= 15 is 0 Å². The topological polar surface area (TPSA) is 111 Å². The predicted molar refractivity (Wildman–Crippen MR) is 113 cm³/mol. The average Bonchev–Trinajstić information content (AvgIpc) is 3.17. The quantitative estimate of drug-likeness (QED) is 0.210. The Bertz CT molecular complexity index is 1320. The van der Waals surface area contributed by atoms with Gasteiger partial charge in [-0.25, -0.2) is 9.78 Å². The van der Waals surface area contributed by atoms with Crippen LogP contribution in [0.4, 0.5) is 10.8 Å². The molecule has 0 saturated heterocycles. The van der Waals surface area contributed by atoms with E-state index in [1.54, 1.807) is 18.3 Å². The molecule has 0 atom stereocenters. The van der Waals surface area contributed by atoms with Crippen molar-refractivity contribution in [1.29, 1.82) is 0 Å². The Morgan fingerprint density at radius 2 is 2.07 bits per heavy atom. The second kappa shape index (κ2) is 7.82. The van der Waals surface area contributed by atoms with Crippen LogP contribution in [0.1, 0.15) is 5.56 Å². The third-order valence-corrected chi connectivity index (χ3v) is 5.25. The Kier molecular flexibility index (Phi) is 5.07. The zero-order valence-electron chi connectivity index (χ0n) is 14.5. The molecule has 0 radical (unpaired) electrons. The molecule has 0 amide bonds. The van der Waals surface area contributed by atoms with Gasteiger partial charge in [-0.1, -0.05) is 41.1 Å². The largest absolute Gasteiger partial charge is 0.422 e. The SMILES string of the molecule is O=c1oc2ccc([N+](=O)[O-])cc2cc1-c1cnc(N/N=C/c2ccccc2Cl)s1. The number of halogens is 1. The number of rotatable bonds is 5. The first-order valence-corrected chi connectivity index (χ1v) is 9.43. The third-order valence-electron chi connectivity index (χ3n) is 3.97. The number of nitro groups is 1. The molecule has 4 aromatic rings. The minimum absolute atomic E-state index is 0.0853. The number of nitrogens with one attached hydrogen (secondary N) is 1. The van der Waals surface area contributed by atoms with E-state index in [2.05, 4.69) is 15.5 Å². The monoisotopic (exact) mass is 426 g/mol. The summed E-state index contributed by atoms with van der Waals surface area (Å²) in [4.78, 5) is 27.5. The van der Waals surface area contributed by atoms with Crippen LogP contribution in [0.3, 0.4) is 0 Å². The minimum Gasteiger partial charge on any atom is -0.422 e. The number of hydrazone groups is 1. The smallest absolute Gasteiger partial charge is 0.345 e. The molecular weight excluding hydrogens is 416 g/mol. The maximum absolute atomic E-state index is 12.3. The van der Waals surface area contributed by atoms with Crippen LogP contribution in [-0.4, -0.2) is 16.1 Å². The summed E-state index contributed by atoms with van der Waals surface area (Å²) in [6, 6.07) is 12.8. The van der Waals surface area contributed by atoms with Crippen LogP contribution in [0.15, 0.2) is 69.0 Å². The second-order valence-electron chi connectivity index (χ2n) is 5.85. The molecule has 0 unspecified atom stereocenters. The van der Waals surface area contributed by atoms with Crippen molar-refractivity contribution in [2.75, 3.05) is 5.43 Å². The lowest BCUT2D eigenvalue weighted by atomic mass is 10.1. The van der Waals surface area contributed by atoms with Gasteiger partial charge in [0.1, 0.15) is 5.58 Å². The fourth-order valence-corrected chi connectivity index (χ4v) is 3.54. The van der Waals surface area contributed by atoms with E-state index in [0.29, 0.717) is 20.4 Å². The molecule has 0 bridgehead atoms. The molecule has 0 aliphatic carbocycles. The maximum Gasteiger partial charge on any atom is 0.345 e. The van der Waals surface area contributed by atoms with Crippen LogP contribution in [-0.2, 0) is 0 Å². The molecule has 10 heteroatoms. The van der Waals surface area contributed by atoms with E-state index in [0.717, 1.165) is 5.56 Å². The molecule has 2 aromatic heterocycles. The van der Waals surface area contributed by atoms with Crippen molar-refractivity contribution in [3.63, 3.8) is 0 Å².